The minimum absolute atomic E-state index is 0.295. The molecule has 0 N–H and O–H groups in total. The summed E-state index contributed by atoms with van der Waals surface area (Å²) in [7, 11) is -1.99. The Kier molecular flexibility index (Phi) is 4.57. The summed E-state index contributed by atoms with van der Waals surface area (Å²) < 4.78 is 0. The van der Waals surface area contributed by atoms with Crippen molar-refractivity contribution in [1.82, 2.24) is 0 Å². The van der Waals surface area contributed by atoms with E-state index >= 15 is 0 Å². The van der Waals surface area contributed by atoms with Gasteiger partial charge in [-0.25, -0.2) is 0 Å². The maximum atomic E-state index is 6.08. The van der Waals surface area contributed by atoms with Crippen LogP contribution in [0.3, 0.4) is 0 Å². The van der Waals surface area contributed by atoms with E-state index in [-0.39, 0.29) is 5.16 Å². The highest BCUT2D eigenvalue weighted by atomic mass is 31.2. The molecule has 0 spiro atoms. The van der Waals surface area contributed by atoms with Crippen molar-refractivity contribution in [3.05, 3.63) is 91.0 Å². The molecule has 0 amide bonds. The zero-order valence-corrected chi connectivity index (χ0v) is 15.1. The molecule has 1 heteroatoms. The molecule has 0 nitrogen and oxygen atoms in total. The van der Waals surface area contributed by atoms with E-state index in [0.717, 1.165) is 0 Å². The fourth-order valence-corrected chi connectivity index (χ4v) is 8.35. The number of hydrogen-bond donors (Lipinski definition) is 0. The zero-order chi connectivity index (χ0) is 17.0. The van der Waals surface area contributed by atoms with Gasteiger partial charge in [-0.2, -0.15) is 0 Å². The van der Waals surface area contributed by atoms with Crippen LogP contribution >= 0.6 is 7.26 Å². The minimum atomic E-state index is -1.99. The Labute approximate surface area is 145 Å². The van der Waals surface area contributed by atoms with Crippen molar-refractivity contribution in [3.63, 3.8) is 0 Å². The van der Waals surface area contributed by atoms with E-state index in [2.05, 4.69) is 111 Å². The number of rotatable bonds is 4. The van der Waals surface area contributed by atoms with Gasteiger partial charge in [-0.05, 0) is 50.2 Å². The minimum Gasteiger partial charge on any atom is -0.116 e. The standard InChI is InChI=1S/C23H22P/c1-4-23(2,3)24(20-14-8-5-9-15-20,21-16-10-6-11-17-21)22-18-12-7-13-19-22/h1,5-19H,2-3H3/q+1. The Bertz CT molecular complexity index is 731. The summed E-state index contributed by atoms with van der Waals surface area (Å²) in [6.07, 6.45) is 6.08. The first-order valence-electron chi connectivity index (χ1n) is 8.17. The van der Waals surface area contributed by atoms with Crippen molar-refractivity contribution in [2.24, 2.45) is 0 Å². The lowest BCUT2D eigenvalue weighted by Crippen LogP contribution is -2.43. The molecule has 118 valence electrons. The molecule has 3 aromatic rings. The Morgan fingerprint density at radius 1 is 0.625 bits per heavy atom. The largest absolute Gasteiger partial charge is 0.147 e. The van der Waals surface area contributed by atoms with Gasteiger partial charge in [-0.3, -0.25) is 0 Å². The maximum absolute atomic E-state index is 6.08. The van der Waals surface area contributed by atoms with Crippen LogP contribution in [0.2, 0.25) is 0 Å². The summed E-state index contributed by atoms with van der Waals surface area (Å²) in [6, 6.07) is 32.3. The van der Waals surface area contributed by atoms with Gasteiger partial charge in [0, 0.05) is 0 Å². The molecule has 0 saturated carbocycles. The second-order valence-electron chi connectivity index (χ2n) is 6.38. The van der Waals surface area contributed by atoms with Gasteiger partial charge >= 0.3 is 0 Å². The van der Waals surface area contributed by atoms with Gasteiger partial charge in [0.15, 0.2) is 0 Å². The van der Waals surface area contributed by atoms with Crippen molar-refractivity contribution in [2.45, 2.75) is 19.0 Å². The fraction of sp³-hybridized carbons (Fsp3) is 0.130. The molecule has 0 heterocycles. The first-order chi connectivity index (χ1) is 11.6. The van der Waals surface area contributed by atoms with Crippen LogP contribution in [0.1, 0.15) is 13.8 Å². The third-order valence-electron chi connectivity index (χ3n) is 4.62. The van der Waals surface area contributed by atoms with E-state index in [1.54, 1.807) is 0 Å². The summed E-state index contributed by atoms with van der Waals surface area (Å²) >= 11 is 0. The molecule has 0 aromatic heterocycles. The zero-order valence-electron chi connectivity index (χ0n) is 14.2. The average molecular weight is 329 g/mol. The molecule has 0 saturated heterocycles. The molecule has 0 bridgehead atoms. The van der Waals surface area contributed by atoms with Gasteiger partial charge in [0.1, 0.15) is 28.3 Å². The van der Waals surface area contributed by atoms with Gasteiger partial charge in [0.2, 0.25) is 0 Å². The molecule has 0 radical (unpaired) electrons. The molecule has 0 fully saturated rings. The molecule has 0 atom stereocenters. The van der Waals surface area contributed by atoms with E-state index in [1.165, 1.54) is 15.9 Å². The SMILES string of the molecule is C#CC(C)(C)[P+](c1ccccc1)(c1ccccc1)c1ccccc1. The van der Waals surface area contributed by atoms with E-state index in [1.807, 2.05) is 0 Å². The van der Waals surface area contributed by atoms with Crippen molar-refractivity contribution < 1.29 is 0 Å². The molecule has 0 aliphatic rings. The Hall–Kier alpha value is -2.35. The Morgan fingerprint density at radius 3 is 1.17 bits per heavy atom. The number of benzene rings is 3. The van der Waals surface area contributed by atoms with E-state index in [4.69, 9.17) is 6.42 Å². The van der Waals surface area contributed by atoms with Gasteiger partial charge < -0.3 is 0 Å². The number of hydrogen-bond acceptors (Lipinski definition) is 0. The fourth-order valence-electron chi connectivity index (χ4n) is 3.47. The molecule has 3 rings (SSSR count). The quantitative estimate of drug-likeness (QED) is 0.492. The van der Waals surface area contributed by atoms with Crippen LogP contribution in [0.5, 0.6) is 0 Å². The van der Waals surface area contributed by atoms with E-state index in [0.29, 0.717) is 0 Å². The van der Waals surface area contributed by atoms with E-state index in [9.17, 15) is 0 Å². The maximum Gasteiger partial charge on any atom is 0.147 e. The highest BCUT2D eigenvalue weighted by molar-refractivity contribution is 7.97. The predicted molar refractivity (Wildman–Crippen MR) is 108 cm³/mol. The van der Waals surface area contributed by atoms with Gasteiger partial charge in [0.25, 0.3) is 0 Å². The lowest BCUT2D eigenvalue weighted by Gasteiger charge is -2.37. The lowest BCUT2D eigenvalue weighted by molar-refractivity contribution is 0.915. The van der Waals surface area contributed by atoms with Gasteiger partial charge in [0.05, 0.1) is 0 Å². The molecule has 3 aromatic carbocycles. The van der Waals surface area contributed by atoms with E-state index < -0.39 is 7.26 Å². The average Bonchev–Trinajstić information content (AvgIpc) is 2.65. The predicted octanol–water partition coefficient (Wildman–Crippen LogP) is 4.39. The van der Waals surface area contributed by atoms with Crippen LogP contribution in [0.15, 0.2) is 91.0 Å². The van der Waals surface area contributed by atoms with Crippen LogP contribution in [0.4, 0.5) is 0 Å². The number of terminal acetylenes is 1. The van der Waals surface area contributed by atoms with Crippen LogP contribution in [0, 0.1) is 12.3 Å². The summed E-state index contributed by atoms with van der Waals surface area (Å²) in [5.74, 6) is 3.13. The Balaban J connectivity index is 2.45. The summed E-state index contributed by atoms with van der Waals surface area (Å²) in [6.45, 7) is 4.40. The third kappa shape index (κ3) is 2.56. The Morgan fingerprint density at radius 2 is 0.917 bits per heavy atom. The van der Waals surface area contributed by atoms with Crippen molar-refractivity contribution in [2.75, 3.05) is 0 Å². The summed E-state index contributed by atoms with van der Waals surface area (Å²) in [5, 5.41) is 3.68. The van der Waals surface area contributed by atoms with Crippen LogP contribution in [-0.2, 0) is 0 Å². The highest BCUT2D eigenvalue weighted by Gasteiger charge is 2.57. The molecular formula is C23H22P+. The van der Waals surface area contributed by atoms with Crippen LogP contribution in [0.25, 0.3) is 0 Å². The first-order valence-corrected chi connectivity index (χ1v) is 9.95. The van der Waals surface area contributed by atoms with Crippen molar-refractivity contribution in [3.8, 4) is 12.3 Å². The normalized spacial score (nSPS) is 11.7. The smallest absolute Gasteiger partial charge is 0.116 e. The molecule has 24 heavy (non-hydrogen) atoms. The first kappa shape index (κ1) is 16.5. The van der Waals surface area contributed by atoms with Gasteiger partial charge in [-0.15, -0.1) is 6.42 Å². The molecule has 0 unspecified atom stereocenters. The highest BCUT2D eigenvalue weighted by Crippen LogP contribution is 2.65. The summed E-state index contributed by atoms with van der Waals surface area (Å²) in [5.41, 5.74) is 0. The van der Waals surface area contributed by atoms with Gasteiger partial charge in [-0.1, -0.05) is 60.5 Å². The molecular weight excluding hydrogens is 307 g/mol. The summed E-state index contributed by atoms with van der Waals surface area (Å²) in [4.78, 5) is 0. The molecule has 0 aliphatic carbocycles. The molecule has 0 aliphatic heterocycles. The van der Waals surface area contributed by atoms with Crippen LogP contribution < -0.4 is 15.9 Å². The second-order valence-corrected chi connectivity index (χ2v) is 10.4. The van der Waals surface area contributed by atoms with Crippen molar-refractivity contribution in [1.29, 1.82) is 0 Å². The topological polar surface area (TPSA) is 0 Å². The third-order valence-corrected chi connectivity index (χ3v) is 9.65. The van der Waals surface area contributed by atoms with Crippen LogP contribution in [-0.4, -0.2) is 5.16 Å². The van der Waals surface area contributed by atoms with Crippen molar-refractivity contribution >= 4 is 23.2 Å². The monoisotopic (exact) mass is 329 g/mol. The lowest BCUT2D eigenvalue weighted by atomic mass is 10.2. The second kappa shape index (κ2) is 6.64.